The molecule has 6 nitrogen and oxygen atoms in total. The first-order valence-electron chi connectivity index (χ1n) is 10.7. The number of benzene rings is 2. The number of likely N-dealkylation sites (tertiary alicyclic amines) is 1. The Bertz CT molecular complexity index is 1110. The molecule has 6 heteroatoms. The van der Waals surface area contributed by atoms with Crippen LogP contribution in [-0.4, -0.2) is 43.1 Å². The van der Waals surface area contributed by atoms with Crippen molar-refractivity contribution in [3.8, 4) is 11.5 Å². The van der Waals surface area contributed by atoms with Crippen LogP contribution in [0.1, 0.15) is 35.8 Å². The maximum Gasteiger partial charge on any atom is 0.272 e. The lowest BCUT2D eigenvalue weighted by molar-refractivity contribution is 0.0677. The van der Waals surface area contributed by atoms with Crippen LogP contribution in [0.3, 0.4) is 0 Å². The highest BCUT2D eigenvalue weighted by Gasteiger charge is 2.24. The quantitative estimate of drug-likeness (QED) is 0.618. The summed E-state index contributed by atoms with van der Waals surface area (Å²) in [6.07, 6.45) is 2.19. The molecule has 0 bridgehead atoms. The molecule has 4 rings (SSSR count). The number of hydrogen-bond acceptors (Lipinski definition) is 5. The largest absolute Gasteiger partial charge is 0.493 e. The zero-order valence-corrected chi connectivity index (χ0v) is 18.6. The number of anilines is 2. The predicted octanol–water partition coefficient (Wildman–Crippen LogP) is 5.18. The lowest BCUT2D eigenvalue weighted by atomic mass is 10.00. The number of methoxy groups -OCH3 is 2. The number of fused-ring (bicyclic) bond motifs is 1. The maximum absolute atomic E-state index is 13.3. The van der Waals surface area contributed by atoms with Gasteiger partial charge in [-0.15, -0.1) is 0 Å². The second-order valence-corrected chi connectivity index (χ2v) is 8.27. The standard InChI is InChI=1S/C25H29N3O3/c1-16-7-5-9-18(11-16)26-20-13-22(25(29)28-10-6-8-17(2)15-28)27-21-14-24(31-4)23(30-3)12-19(20)21/h5,7,9,11-14,17H,6,8,10,15H2,1-4H3,(H,26,27)/t17-/m0/s1. The van der Waals surface area contributed by atoms with E-state index in [1.54, 1.807) is 14.2 Å². The highest BCUT2D eigenvalue weighted by Crippen LogP contribution is 2.36. The number of piperidine rings is 1. The minimum Gasteiger partial charge on any atom is -0.493 e. The van der Waals surface area contributed by atoms with Gasteiger partial charge < -0.3 is 19.7 Å². The number of rotatable bonds is 5. The molecule has 1 atom stereocenters. The summed E-state index contributed by atoms with van der Waals surface area (Å²) in [7, 11) is 3.21. The van der Waals surface area contributed by atoms with Gasteiger partial charge in [-0.25, -0.2) is 4.98 Å². The topological polar surface area (TPSA) is 63.7 Å². The summed E-state index contributed by atoms with van der Waals surface area (Å²) in [4.78, 5) is 19.9. The molecule has 1 aliphatic rings. The average Bonchev–Trinajstić information content (AvgIpc) is 2.77. The molecule has 3 aromatic rings. The van der Waals surface area contributed by atoms with Gasteiger partial charge in [-0.2, -0.15) is 0 Å². The molecule has 2 heterocycles. The second kappa shape index (κ2) is 8.84. The molecular formula is C25H29N3O3. The first-order valence-corrected chi connectivity index (χ1v) is 10.7. The zero-order valence-electron chi connectivity index (χ0n) is 18.6. The number of pyridine rings is 1. The minimum atomic E-state index is -0.0319. The number of aromatic nitrogens is 1. The molecule has 0 spiro atoms. The molecular weight excluding hydrogens is 390 g/mol. The molecule has 0 saturated carbocycles. The fourth-order valence-electron chi connectivity index (χ4n) is 4.18. The third-order valence-electron chi connectivity index (χ3n) is 5.77. The summed E-state index contributed by atoms with van der Waals surface area (Å²) < 4.78 is 11.0. The first-order chi connectivity index (χ1) is 15.0. The lowest BCUT2D eigenvalue weighted by Crippen LogP contribution is -2.39. The monoisotopic (exact) mass is 419 g/mol. The van der Waals surface area contributed by atoms with E-state index in [1.807, 2.05) is 35.2 Å². The molecule has 0 unspecified atom stereocenters. The number of aryl methyl sites for hydroxylation is 1. The number of ether oxygens (including phenoxy) is 2. The average molecular weight is 420 g/mol. The Labute approximate surface area is 183 Å². The fraction of sp³-hybridized carbons (Fsp3) is 0.360. The normalized spacial score (nSPS) is 16.3. The van der Waals surface area contributed by atoms with Gasteiger partial charge in [0.05, 0.1) is 25.4 Å². The van der Waals surface area contributed by atoms with Gasteiger partial charge in [0.1, 0.15) is 5.69 Å². The number of nitrogens with zero attached hydrogens (tertiary/aromatic N) is 2. The van der Waals surface area contributed by atoms with Crippen LogP contribution in [0.5, 0.6) is 11.5 Å². The molecule has 1 amide bonds. The van der Waals surface area contributed by atoms with Crippen molar-refractivity contribution in [2.45, 2.75) is 26.7 Å². The highest BCUT2D eigenvalue weighted by molar-refractivity contribution is 6.01. The minimum absolute atomic E-state index is 0.0319. The molecule has 1 aromatic heterocycles. The van der Waals surface area contributed by atoms with Crippen molar-refractivity contribution in [1.29, 1.82) is 0 Å². The number of hydrogen-bond donors (Lipinski definition) is 1. The van der Waals surface area contributed by atoms with Crippen LogP contribution < -0.4 is 14.8 Å². The van der Waals surface area contributed by atoms with E-state index >= 15 is 0 Å². The van der Waals surface area contributed by atoms with E-state index in [0.717, 1.165) is 48.3 Å². The third-order valence-corrected chi connectivity index (χ3v) is 5.77. The zero-order chi connectivity index (χ0) is 22.0. The van der Waals surface area contributed by atoms with Gasteiger partial charge in [-0.3, -0.25) is 4.79 Å². The first kappa shape index (κ1) is 21.0. The molecule has 162 valence electrons. The van der Waals surface area contributed by atoms with Crippen molar-refractivity contribution in [3.63, 3.8) is 0 Å². The number of carbonyl (C=O) groups is 1. The third kappa shape index (κ3) is 4.43. The van der Waals surface area contributed by atoms with Gasteiger partial charge in [0.2, 0.25) is 0 Å². The maximum atomic E-state index is 13.3. The van der Waals surface area contributed by atoms with Crippen molar-refractivity contribution >= 4 is 28.2 Å². The number of amides is 1. The van der Waals surface area contributed by atoms with Crippen molar-refractivity contribution in [2.75, 3.05) is 32.6 Å². The Kier molecular flexibility index (Phi) is 5.98. The van der Waals surface area contributed by atoms with E-state index in [9.17, 15) is 4.79 Å². The Hall–Kier alpha value is -3.28. The van der Waals surface area contributed by atoms with Gasteiger partial charge in [0, 0.05) is 30.2 Å². The number of carbonyl (C=O) groups excluding carboxylic acids is 1. The Morgan fingerprint density at radius 3 is 2.61 bits per heavy atom. The molecule has 1 N–H and O–H groups in total. The van der Waals surface area contributed by atoms with Crippen molar-refractivity contribution in [1.82, 2.24) is 9.88 Å². The van der Waals surface area contributed by atoms with E-state index in [4.69, 9.17) is 14.5 Å². The summed E-state index contributed by atoms with van der Waals surface area (Å²) in [5, 5.41) is 4.34. The summed E-state index contributed by atoms with van der Waals surface area (Å²) in [5.41, 5.74) is 4.03. The SMILES string of the molecule is COc1cc2nc(C(=O)N3CCC[C@H](C)C3)cc(Nc3cccc(C)c3)c2cc1OC. The molecule has 0 aliphatic carbocycles. The van der Waals surface area contributed by atoms with Crippen LogP contribution in [0.2, 0.25) is 0 Å². The number of nitrogens with one attached hydrogen (secondary N) is 1. The van der Waals surface area contributed by atoms with E-state index in [0.29, 0.717) is 28.6 Å². The summed E-state index contributed by atoms with van der Waals surface area (Å²) in [5.74, 6) is 1.68. The van der Waals surface area contributed by atoms with Crippen LogP contribution in [0, 0.1) is 12.8 Å². The van der Waals surface area contributed by atoms with Gasteiger partial charge in [-0.1, -0.05) is 19.1 Å². The molecule has 1 aliphatic heterocycles. The summed E-state index contributed by atoms with van der Waals surface area (Å²) in [6.45, 7) is 5.78. The van der Waals surface area contributed by atoms with Crippen LogP contribution in [0.25, 0.3) is 10.9 Å². The lowest BCUT2D eigenvalue weighted by Gasteiger charge is -2.30. The predicted molar refractivity (Wildman–Crippen MR) is 124 cm³/mol. The molecule has 31 heavy (non-hydrogen) atoms. The van der Waals surface area contributed by atoms with Gasteiger partial charge >= 0.3 is 0 Å². The van der Waals surface area contributed by atoms with Gasteiger partial charge in [-0.05, 0) is 55.5 Å². The van der Waals surface area contributed by atoms with E-state index in [-0.39, 0.29) is 5.91 Å². The Morgan fingerprint density at radius 1 is 1.13 bits per heavy atom. The second-order valence-electron chi connectivity index (χ2n) is 8.27. The Morgan fingerprint density at radius 2 is 1.90 bits per heavy atom. The molecule has 1 fully saturated rings. The highest BCUT2D eigenvalue weighted by atomic mass is 16.5. The van der Waals surface area contributed by atoms with Crippen molar-refractivity contribution in [2.24, 2.45) is 5.92 Å². The Balaban J connectivity index is 1.82. The van der Waals surface area contributed by atoms with E-state index in [2.05, 4.69) is 31.3 Å². The van der Waals surface area contributed by atoms with Crippen molar-refractivity contribution in [3.05, 3.63) is 53.7 Å². The molecule has 1 saturated heterocycles. The van der Waals surface area contributed by atoms with Crippen LogP contribution in [0.15, 0.2) is 42.5 Å². The fourth-order valence-corrected chi connectivity index (χ4v) is 4.18. The van der Waals surface area contributed by atoms with Gasteiger partial charge in [0.15, 0.2) is 11.5 Å². The smallest absolute Gasteiger partial charge is 0.272 e. The summed E-state index contributed by atoms with van der Waals surface area (Å²) in [6, 6.07) is 13.7. The summed E-state index contributed by atoms with van der Waals surface area (Å²) >= 11 is 0. The van der Waals surface area contributed by atoms with E-state index in [1.165, 1.54) is 0 Å². The molecule has 2 aromatic carbocycles. The van der Waals surface area contributed by atoms with E-state index < -0.39 is 0 Å². The van der Waals surface area contributed by atoms with Gasteiger partial charge in [0.25, 0.3) is 5.91 Å². The van der Waals surface area contributed by atoms with Crippen LogP contribution >= 0.6 is 0 Å². The van der Waals surface area contributed by atoms with Crippen LogP contribution in [-0.2, 0) is 0 Å². The van der Waals surface area contributed by atoms with Crippen molar-refractivity contribution < 1.29 is 14.3 Å². The van der Waals surface area contributed by atoms with Crippen LogP contribution in [0.4, 0.5) is 11.4 Å². The molecule has 0 radical (unpaired) electrons.